The van der Waals surface area contributed by atoms with Crippen molar-refractivity contribution in [2.75, 3.05) is 12.0 Å². The number of hydrogen-bond acceptors (Lipinski definition) is 3. The molecular formula is C13H23NOS2. The van der Waals surface area contributed by atoms with Gasteiger partial charge in [0.1, 0.15) is 0 Å². The van der Waals surface area contributed by atoms with Crippen LogP contribution in [0.15, 0.2) is 0 Å². The van der Waals surface area contributed by atoms with E-state index in [0.29, 0.717) is 17.7 Å². The molecule has 0 aliphatic heterocycles. The third kappa shape index (κ3) is 3.57. The number of carbonyl (C=O) groups is 1. The summed E-state index contributed by atoms with van der Waals surface area (Å²) in [6.07, 6.45) is 10.2. The lowest BCUT2D eigenvalue weighted by Crippen LogP contribution is -2.44. The highest BCUT2D eigenvalue weighted by atomic mass is 32.2. The quantitative estimate of drug-likeness (QED) is 0.754. The Morgan fingerprint density at radius 1 is 1.41 bits per heavy atom. The van der Waals surface area contributed by atoms with Gasteiger partial charge in [0.25, 0.3) is 0 Å². The molecule has 4 heteroatoms. The molecule has 2 saturated carbocycles. The Morgan fingerprint density at radius 2 is 2.12 bits per heavy atom. The number of thiol groups is 1. The van der Waals surface area contributed by atoms with Gasteiger partial charge in [-0.1, -0.05) is 12.8 Å². The van der Waals surface area contributed by atoms with Crippen LogP contribution in [0.5, 0.6) is 0 Å². The van der Waals surface area contributed by atoms with E-state index in [1.807, 2.05) is 11.8 Å². The first-order valence-corrected chi connectivity index (χ1v) is 8.54. The van der Waals surface area contributed by atoms with Crippen molar-refractivity contribution in [2.45, 2.75) is 56.2 Å². The van der Waals surface area contributed by atoms with E-state index in [4.69, 9.17) is 0 Å². The van der Waals surface area contributed by atoms with Gasteiger partial charge in [0.05, 0.1) is 0 Å². The Bertz CT molecular complexity index is 279. The topological polar surface area (TPSA) is 29.1 Å². The van der Waals surface area contributed by atoms with Crippen LogP contribution in [0.2, 0.25) is 0 Å². The normalized spacial score (nSPS) is 30.9. The summed E-state index contributed by atoms with van der Waals surface area (Å²) >= 11 is 6.26. The second kappa shape index (κ2) is 5.87. The molecular weight excluding hydrogens is 250 g/mol. The second-order valence-electron chi connectivity index (χ2n) is 5.57. The molecule has 2 rings (SSSR count). The Morgan fingerprint density at radius 3 is 2.71 bits per heavy atom. The smallest absolute Gasteiger partial charge is 0.220 e. The van der Waals surface area contributed by atoms with Crippen LogP contribution in [0.25, 0.3) is 0 Å². The van der Waals surface area contributed by atoms with Gasteiger partial charge in [0.2, 0.25) is 5.91 Å². The molecule has 0 aromatic rings. The highest BCUT2D eigenvalue weighted by Crippen LogP contribution is 2.49. The molecule has 0 radical (unpaired) electrons. The van der Waals surface area contributed by atoms with Gasteiger partial charge in [-0.3, -0.25) is 4.79 Å². The lowest BCUT2D eigenvalue weighted by atomic mass is 9.94. The minimum absolute atomic E-state index is 0.247. The number of nitrogens with one attached hydrogen (secondary N) is 1. The van der Waals surface area contributed by atoms with Gasteiger partial charge in [-0.05, 0) is 43.1 Å². The molecule has 1 amide bonds. The summed E-state index contributed by atoms with van der Waals surface area (Å²) in [7, 11) is 0. The summed E-state index contributed by atoms with van der Waals surface area (Å²) < 4.78 is 0. The summed E-state index contributed by atoms with van der Waals surface area (Å²) in [5.74, 6) is 1.11. The van der Waals surface area contributed by atoms with Crippen LogP contribution in [0.1, 0.15) is 44.9 Å². The number of amides is 1. The highest BCUT2D eigenvalue weighted by Gasteiger charge is 2.43. The standard InChI is InChI=1S/C13H23NOS2/c1-17-11-5-3-2-4-10(11)14-12(15)8-13(9-16)6-7-13/h10-11,16H,2-9H2,1H3,(H,14,15). The Balaban J connectivity index is 1.80. The first-order valence-electron chi connectivity index (χ1n) is 6.62. The van der Waals surface area contributed by atoms with E-state index >= 15 is 0 Å². The van der Waals surface area contributed by atoms with Crippen molar-refractivity contribution in [1.82, 2.24) is 5.32 Å². The Kier molecular flexibility index (Phi) is 4.70. The average Bonchev–Trinajstić information content (AvgIpc) is 3.10. The number of rotatable bonds is 5. The fourth-order valence-electron chi connectivity index (χ4n) is 2.71. The number of carbonyl (C=O) groups excluding carboxylic acids is 1. The van der Waals surface area contributed by atoms with Gasteiger partial charge in [-0.15, -0.1) is 0 Å². The predicted octanol–water partition coefficient (Wildman–Crippen LogP) is 2.88. The minimum Gasteiger partial charge on any atom is -0.352 e. The van der Waals surface area contributed by atoms with Gasteiger partial charge in [-0.2, -0.15) is 24.4 Å². The molecule has 17 heavy (non-hydrogen) atoms. The van der Waals surface area contributed by atoms with Gasteiger partial charge in [-0.25, -0.2) is 0 Å². The van der Waals surface area contributed by atoms with Gasteiger partial charge in [0, 0.05) is 17.7 Å². The van der Waals surface area contributed by atoms with Crippen LogP contribution in [0.4, 0.5) is 0 Å². The van der Waals surface area contributed by atoms with Crippen molar-refractivity contribution in [3.05, 3.63) is 0 Å². The van der Waals surface area contributed by atoms with E-state index < -0.39 is 0 Å². The molecule has 1 N–H and O–H groups in total. The van der Waals surface area contributed by atoms with E-state index in [0.717, 1.165) is 12.2 Å². The summed E-state index contributed by atoms with van der Waals surface area (Å²) in [6, 6.07) is 0.405. The zero-order chi connectivity index (χ0) is 12.3. The van der Waals surface area contributed by atoms with Crippen LogP contribution in [0.3, 0.4) is 0 Å². The monoisotopic (exact) mass is 273 g/mol. The SMILES string of the molecule is CSC1CCCCC1NC(=O)CC1(CS)CC1. The molecule has 2 unspecified atom stereocenters. The summed E-state index contributed by atoms with van der Waals surface area (Å²) in [5.41, 5.74) is 0.247. The Hall–Kier alpha value is 0.170. The van der Waals surface area contributed by atoms with Crippen molar-refractivity contribution in [2.24, 2.45) is 5.41 Å². The van der Waals surface area contributed by atoms with E-state index in [-0.39, 0.29) is 11.3 Å². The molecule has 0 heterocycles. The van der Waals surface area contributed by atoms with Crippen LogP contribution in [-0.4, -0.2) is 29.2 Å². The zero-order valence-electron chi connectivity index (χ0n) is 10.6. The van der Waals surface area contributed by atoms with E-state index in [9.17, 15) is 4.79 Å². The molecule has 2 nitrogen and oxygen atoms in total. The third-order valence-corrected chi connectivity index (χ3v) is 6.02. The van der Waals surface area contributed by atoms with Crippen LogP contribution in [-0.2, 0) is 4.79 Å². The first-order chi connectivity index (χ1) is 8.19. The van der Waals surface area contributed by atoms with Crippen molar-refractivity contribution in [3.8, 4) is 0 Å². The molecule has 2 atom stereocenters. The summed E-state index contributed by atoms with van der Waals surface area (Å²) in [5, 5.41) is 3.88. The van der Waals surface area contributed by atoms with Crippen molar-refractivity contribution in [3.63, 3.8) is 0 Å². The van der Waals surface area contributed by atoms with Crippen molar-refractivity contribution in [1.29, 1.82) is 0 Å². The van der Waals surface area contributed by atoms with E-state index in [2.05, 4.69) is 24.2 Å². The lowest BCUT2D eigenvalue weighted by Gasteiger charge is -2.31. The zero-order valence-corrected chi connectivity index (χ0v) is 12.3. The maximum atomic E-state index is 12.0. The van der Waals surface area contributed by atoms with Gasteiger partial charge < -0.3 is 5.32 Å². The van der Waals surface area contributed by atoms with Crippen LogP contribution >= 0.6 is 24.4 Å². The minimum atomic E-state index is 0.247. The van der Waals surface area contributed by atoms with Crippen LogP contribution < -0.4 is 5.32 Å². The number of thioether (sulfide) groups is 1. The highest BCUT2D eigenvalue weighted by molar-refractivity contribution is 7.99. The molecule has 2 aliphatic rings. The molecule has 0 saturated heterocycles. The fourth-order valence-corrected chi connectivity index (χ4v) is 4.07. The summed E-state index contributed by atoms with van der Waals surface area (Å²) in [6.45, 7) is 0. The van der Waals surface area contributed by atoms with Crippen molar-refractivity contribution >= 4 is 30.3 Å². The predicted molar refractivity (Wildman–Crippen MR) is 77.8 cm³/mol. The number of hydrogen-bond donors (Lipinski definition) is 2. The maximum absolute atomic E-state index is 12.0. The maximum Gasteiger partial charge on any atom is 0.220 e. The first kappa shape index (κ1) is 13.6. The molecule has 98 valence electrons. The largest absolute Gasteiger partial charge is 0.352 e. The lowest BCUT2D eigenvalue weighted by molar-refractivity contribution is -0.123. The van der Waals surface area contributed by atoms with Crippen molar-refractivity contribution < 1.29 is 4.79 Å². The molecule has 2 aliphatic carbocycles. The molecule has 0 aromatic heterocycles. The van der Waals surface area contributed by atoms with Gasteiger partial charge >= 0.3 is 0 Å². The van der Waals surface area contributed by atoms with Crippen LogP contribution in [0, 0.1) is 5.41 Å². The molecule has 0 aromatic carbocycles. The van der Waals surface area contributed by atoms with E-state index in [1.165, 1.54) is 32.1 Å². The fraction of sp³-hybridized carbons (Fsp3) is 0.923. The average molecular weight is 273 g/mol. The summed E-state index contributed by atoms with van der Waals surface area (Å²) in [4.78, 5) is 12.0. The molecule has 0 bridgehead atoms. The van der Waals surface area contributed by atoms with E-state index in [1.54, 1.807) is 0 Å². The Labute approximate surface area is 114 Å². The van der Waals surface area contributed by atoms with Gasteiger partial charge in [0.15, 0.2) is 0 Å². The molecule has 2 fully saturated rings. The third-order valence-electron chi connectivity index (χ3n) is 4.18. The second-order valence-corrected chi connectivity index (χ2v) is 6.96. The molecule has 0 spiro atoms.